The highest BCUT2D eigenvalue weighted by Gasteiger charge is 2.54. The summed E-state index contributed by atoms with van der Waals surface area (Å²) in [6.45, 7) is 0. The predicted octanol–water partition coefficient (Wildman–Crippen LogP) is -4.13. The second-order valence-corrected chi connectivity index (χ2v) is 6.00. The average molecular weight is 227 g/mol. The monoisotopic (exact) mass is 226 g/mol. The molecule has 3 nitrogen and oxygen atoms in total. The molecule has 2 heterocycles. The van der Waals surface area contributed by atoms with Crippen LogP contribution in [-0.2, 0) is 10.9 Å². The number of hydrogen-bond acceptors (Lipinski definition) is 3. The van der Waals surface area contributed by atoms with E-state index in [2.05, 4.69) is 0 Å². The summed E-state index contributed by atoms with van der Waals surface area (Å²) in [6, 6.07) is 0. The Morgan fingerprint density at radius 2 is 1.77 bits per heavy atom. The maximum atomic E-state index is 9.60. The minimum absolute atomic E-state index is 0. The Labute approximate surface area is 86.9 Å². The van der Waals surface area contributed by atoms with Crippen LogP contribution in [0.1, 0.15) is 12.8 Å². The zero-order valence-electron chi connectivity index (χ0n) is 7.27. The van der Waals surface area contributed by atoms with Crippen LogP contribution in [0.2, 0.25) is 0 Å². The van der Waals surface area contributed by atoms with E-state index in [4.69, 9.17) is 0 Å². The third-order valence-corrected chi connectivity index (χ3v) is 5.73. The summed E-state index contributed by atoms with van der Waals surface area (Å²) >= 11 is 0. The van der Waals surface area contributed by atoms with Gasteiger partial charge in [-0.1, -0.05) is 0 Å². The molecule has 0 bridgehead atoms. The number of aliphatic hydroxyl groups is 3. The lowest BCUT2D eigenvalue weighted by Crippen LogP contribution is -3.00. The van der Waals surface area contributed by atoms with Gasteiger partial charge in [0.15, 0.2) is 5.25 Å². The van der Waals surface area contributed by atoms with Crippen LogP contribution in [0.25, 0.3) is 0 Å². The Morgan fingerprint density at radius 1 is 1.08 bits per heavy atom. The number of fused-ring (bicyclic) bond motifs is 1. The van der Waals surface area contributed by atoms with E-state index in [-0.39, 0.29) is 34.7 Å². The van der Waals surface area contributed by atoms with Gasteiger partial charge >= 0.3 is 0 Å². The van der Waals surface area contributed by atoms with Gasteiger partial charge in [0, 0.05) is 0 Å². The Morgan fingerprint density at radius 3 is 2.38 bits per heavy atom. The summed E-state index contributed by atoms with van der Waals surface area (Å²) in [4.78, 5) is 0. The van der Waals surface area contributed by atoms with Crippen LogP contribution >= 0.6 is 0 Å². The molecule has 0 aromatic carbocycles. The van der Waals surface area contributed by atoms with Crippen molar-refractivity contribution < 1.29 is 27.7 Å². The van der Waals surface area contributed by atoms with Crippen LogP contribution < -0.4 is 12.4 Å². The van der Waals surface area contributed by atoms with E-state index < -0.39 is 12.2 Å². The molecule has 2 aliphatic heterocycles. The van der Waals surface area contributed by atoms with Gasteiger partial charge in [-0.05, 0) is 23.7 Å². The molecule has 0 radical (unpaired) electrons. The lowest BCUT2D eigenvalue weighted by Gasteiger charge is -2.24. The highest BCUT2D eigenvalue weighted by Crippen LogP contribution is 2.32. The zero-order chi connectivity index (χ0) is 8.72. The Bertz CT molecular complexity index is 181. The van der Waals surface area contributed by atoms with Crippen LogP contribution in [0, 0.1) is 0 Å². The highest BCUT2D eigenvalue weighted by atomic mass is 35.5. The average Bonchev–Trinajstić information content (AvgIpc) is 2.29. The quantitative estimate of drug-likeness (QED) is 0.368. The molecule has 2 aliphatic rings. The molecule has 5 atom stereocenters. The van der Waals surface area contributed by atoms with Crippen molar-refractivity contribution in [2.45, 2.75) is 36.4 Å². The highest BCUT2D eigenvalue weighted by molar-refractivity contribution is 7.97. The van der Waals surface area contributed by atoms with Gasteiger partial charge in [-0.15, -0.1) is 0 Å². The van der Waals surface area contributed by atoms with E-state index in [9.17, 15) is 15.3 Å². The smallest absolute Gasteiger partial charge is 0.172 e. The molecule has 2 fully saturated rings. The molecule has 13 heavy (non-hydrogen) atoms. The summed E-state index contributed by atoms with van der Waals surface area (Å²) in [6.07, 6.45) is 0.182. The maximum Gasteiger partial charge on any atom is 0.172 e. The van der Waals surface area contributed by atoms with Gasteiger partial charge in [0.25, 0.3) is 0 Å². The van der Waals surface area contributed by atoms with Crippen molar-refractivity contribution in [3.05, 3.63) is 0 Å². The maximum absolute atomic E-state index is 9.60. The van der Waals surface area contributed by atoms with Gasteiger partial charge in [0.1, 0.15) is 29.8 Å². The molecule has 2 saturated heterocycles. The molecule has 78 valence electrons. The molecule has 0 aliphatic carbocycles. The lowest BCUT2D eigenvalue weighted by molar-refractivity contribution is -0.0000125. The van der Waals surface area contributed by atoms with Crippen molar-refractivity contribution in [2.24, 2.45) is 0 Å². The third-order valence-electron chi connectivity index (χ3n) is 2.79. The molecule has 3 N–H and O–H groups in total. The van der Waals surface area contributed by atoms with E-state index in [0.29, 0.717) is 5.75 Å². The summed E-state index contributed by atoms with van der Waals surface area (Å²) in [7, 11) is 0.0745. The van der Waals surface area contributed by atoms with Crippen molar-refractivity contribution in [1.29, 1.82) is 0 Å². The Kier molecular flexibility index (Phi) is 3.89. The van der Waals surface area contributed by atoms with Crippen molar-refractivity contribution in [3.8, 4) is 0 Å². The molecular weight excluding hydrogens is 212 g/mol. The number of hydrogen-bond donors (Lipinski definition) is 3. The molecular formula is C8H15ClO3S. The summed E-state index contributed by atoms with van der Waals surface area (Å²) in [5, 5.41) is 28.5. The Hall–Kier alpha value is 0.520. The first-order valence-corrected chi connectivity index (χ1v) is 6.03. The molecule has 2 rings (SSSR count). The zero-order valence-corrected chi connectivity index (χ0v) is 8.84. The van der Waals surface area contributed by atoms with E-state index in [1.807, 2.05) is 0 Å². The van der Waals surface area contributed by atoms with Crippen LogP contribution in [0.15, 0.2) is 0 Å². The summed E-state index contributed by atoms with van der Waals surface area (Å²) < 4.78 is 0. The van der Waals surface area contributed by atoms with Crippen LogP contribution in [0.3, 0.4) is 0 Å². The van der Waals surface area contributed by atoms with Crippen LogP contribution in [-0.4, -0.2) is 50.4 Å². The minimum Gasteiger partial charge on any atom is -1.00 e. The normalized spacial score (nSPS) is 49.6. The van der Waals surface area contributed by atoms with Crippen molar-refractivity contribution in [1.82, 2.24) is 0 Å². The first-order valence-electron chi connectivity index (χ1n) is 4.40. The van der Waals surface area contributed by atoms with E-state index in [0.717, 1.165) is 18.6 Å². The fraction of sp³-hybridized carbons (Fsp3) is 1.00. The number of aliphatic hydroxyl groups excluding tert-OH is 3. The van der Waals surface area contributed by atoms with Gasteiger partial charge in [-0.3, -0.25) is 0 Å². The molecule has 1 unspecified atom stereocenters. The second kappa shape index (κ2) is 4.36. The fourth-order valence-corrected chi connectivity index (χ4v) is 5.15. The molecule has 0 amide bonds. The first kappa shape index (κ1) is 11.6. The largest absolute Gasteiger partial charge is 1.00 e. The van der Waals surface area contributed by atoms with Gasteiger partial charge in [0.2, 0.25) is 0 Å². The number of rotatable bonds is 0. The standard InChI is InChI=1S/C8H15O3S.ClH/c9-5-2-1-3-12-4-6(10)7(11)8(5)12;/h5-11H,1-4H2;1H/q+1;/p-1/t5-,6-,7-,8-,12?;/m1./s1. The number of halogens is 1. The van der Waals surface area contributed by atoms with Gasteiger partial charge in [-0.25, -0.2) is 0 Å². The van der Waals surface area contributed by atoms with Crippen molar-refractivity contribution in [3.63, 3.8) is 0 Å². The minimum atomic E-state index is -0.677. The van der Waals surface area contributed by atoms with Crippen LogP contribution in [0.5, 0.6) is 0 Å². The topological polar surface area (TPSA) is 60.7 Å². The summed E-state index contributed by atoms with van der Waals surface area (Å²) in [5.41, 5.74) is 0. The van der Waals surface area contributed by atoms with E-state index in [1.165, 1.54) is 0 Å². The first-order chi connectivity index (χ1) is 5.70. The summed E-state index contributed by atoms with van der Waals surface area (Å²) in [5.74, 6) is 1.78. The fourth-order valence-electron chi connectivity index (χ4n) is 2.16. The van der Waals surface area contributed by atoms with Crippen molar-refractivity contribution >= 4 is 10.9 Å². The SMILES string of the molecule is O[C@H]1[C@H]2[C@H](O)CCC[S+]2C[C@H]1O.[Cl-]. The second-order valence-electron chi connectivity index (χ2n) is 3.64. The van der Waals surface area contributed by atoms with Crippen molar-refractivity contribution in [2.75, 3.05) is 11.5 Å². The van der Waals surface area contributed by atoms with E-state index in [1.54, 1.807) is 0 Å². The molecule has 0 saturated carbocycles. The predicted molar refractivity (Wildman–Crippen MR) is 48.1 cm³/mol. The lowest BCUT2D eigenvalue weighted by atomic mass is 10.0. The van der Waals surface area contributed by atoms with Gasteiger partial charge in [-0.2, -0.15) is 0 Å². The Balaban J connectivity index is 0.000000845. The van der Waals surface area contributed by atoms with Gasteiger partial charge in [0.05, 0.1) is 0 Å². The molecule has 0 aromatic heterocycles. The van der Waals surface area contributed by atoms with Crippen LogP contribution in [0.4, 0.5) is 0 Å². The van der Waals surface area contributed by atoms with E-state index >= 15 is 0 Å². The molecule has 5 heteroatoms. The molecule has 0 aromatic rings. The third kappa shape index (κ3) is 1.97. The van der Waals surface area contributed by atoms with Gasteiger partial charge < -0.3 is 27.7 Å². The molecule has 0 spiro atoms.